The molecule has 0 aromatic heterocycles. The fraction of sp³-hybridized carbons (Fsp3) is 0.526. The highest BCUT2D eigenvalue weighted by Gasteiger charge is 2.21. The first-order valence-electron chi connectivity index (χ1n) is 8.90. The lowest BCUT2D eigenvalue weighted by molar-refractivity contribution is 0.167. The summed E-state index contributed by atoms with van der Waals surface area (Å²) in [6.45, 7) is 4.65. The summed E-state index contributed by atoms with van der Waals surface area (Å²) in [7, 11) is 0. The molecule has 0 saturated carbocycles. The number of likely N-dealkylation sites (tertiary alicyclic amines) is 2. The molecule has 0 radical (unpaired) electrons. The fourth-order valence-corrected chi connectivity index (χ4v) is 3.67. The molecule has 0 aliphatic carbocycles. The minimum Gasteiger partial charge on any atom is -0.358 e. The van der Waals surface area contributed by atoms with E-state index in [1.54, 1.807) is 0 Å². The Bertz CT molecular complexity index is 509. The molecule has 2 fully saturated rings. The van der Waals surface area contributed by atoms with Crippen molar-refractivity contribution < 1.29 is 0 Å². The number of anilines is 1. The molecule has 124 valence electrons. The van der Waals surface area contributed by atoms with Crippen LogP contribution in [0.5, 0.6) is 0 Å². The van der Waals surface area contributed by atoms with Gasteiger partial charge >= 0.3 is 0 Å². The summed E-state index contributed by atoms with van der Waals surface area (Å²) in [6.07, 6.45) is 10.1. The van der Waals surface area contributed by atoms with Crippen LogP contribution in [0.15, 0.2) is 42.2 Å². The number of piperidine rings is 2. The molecule has 1 N–H and O–H groups in total. The van der Waals surface area contributed by atoms with E-state index < -0.39 is 0 Å². The topological polar surface area (TPSA) is 18.5 Å². The number of nitrogens with zero attached hydrogens (tertiary/aromatic N) is 2. The maximum atomic E-state index is 5.61. The summed E-state index contributed by atoms with van der Waals surface area (Å²) >= 11 is 5.61. The van der Waals surface area contributed by atoms with Crippen molar-refractivity contribution in [3.8, 4) is 0 Å². The molecule has 0 unspecified atom stereocenters. The zero-order valence-corrected chi connectivity index (χ0v) is 14.7. The summed E-state index contributed by atoms with van der Waals surface area (Å²) in [5.41, 5.74) is 1.06. The van der Waals surface area contributed by atoms with Crippen LogP contribution in [0.1, 0.15) is 38.5 Å². The first-order valence-corrected chi connectivity index (χ1v) is 9.31. The number of nitrogens with one attached hydrogen (secondary N) is 1. The van der Waals surface area contributed by atoms with E-state index in [-0.39, 0.29) is 0 Å². The lowest BCUT2D eigenvalue weighted by Gasteiger charge is -2.40. The van der Waals surface area contributed by atoms with Gasteiger partial charge in [0.2, 0.25) is 0 Å². The summed E-state index contributed by atoms with van der Waals surface area (Å²) in [5.74, 6) is 1.33. The van der Waals surface area contributed by atoms with Crippen molar-refractivity contribution in [2.75, 3.05) is 31.5 Å². The van der Waals surface area contributed by atoms with Gasteiger partial charge in [0.15, 0.2) is 0 Å². The van der Waals surface area contributed by atoms with Gasteiger partial charge in [-0.1, -0.05) is 30.4 Å². The zero-order valence-electron chi connectivity index (χ0n) is 13.8. The second-order valence-electron chi connectivity index (χ2n) is 6.45. The van der Waals surface area contributed by atoms with Crippen LogP contribution in [0.25, 0.3) is 0 Å². The molecular formula is C19H27N3S. The first kappa shape index (κ1) is 16.3. The normalized spacial score (nSPS) is 18.4. The van der Waals surface area contributed by atoms with Crippen molar-refractivity contribution in [1.82, 2.24) is 9.80 Å². The van der Waals surface area contributed by atoms with Gasteiger partial charge in [0, 0.05) is 37.9 Å². The molecular weight excluding hydrogens is 302 g/mol. The number of hydrogen-bond acceptors (Lipinski definition) is 3. The van der Waals surface area contributed by atoms with Gasteiger partial charge < -0.3 is 15.1 Å². The second kappa shape index (κ2) is 8.34. The molecule has 0 bridgehead atoms. The Kier molecular flexibility index (Phi) is 5.92. The Morgan fingerprint density at radius 1 is 0.826 bits per heavy atom. The van der Waals surface area contributed by atoms with Gasteiger partial charge in [-0.25, -0.2) is 0 Å². The number of hydrogen-bond donors (Lipinski definition) is 1. The molecule has 3 nitrogen and oxygen atoms in total. The minimum atomic E-state index is 0.808. The van der Waals surface area contributed by atoms with Gasteiger partial charge in [-0.15, -0.1) is 0 Å². The van der Waals surface area contributed by atoms with Gasteiger partial charge in [-0.3, -0.25) is 0 Å². The molecule has 2 aliphatic rings. The Hall–Kier alpha value is -1.55. The van der Waals surface area contributed by atoms with Crippen molar-refractivity contribution in [2.24, 2.45) is 0 Å². The maximum Gasteiger partial charge on any atom is 0.107 e. The molecule has 3 rings (SSSR count). The molecule has 2 heterocycles. The third kappa shape index (κ3) is 4.71. The molecule has 1 aromatic carbocycles. The second-order valence-corrected chi connectivity index (χ2v) is 6.89. The van der Waals surface area contributed by atoms with Crippen LogP contribution < -0.4 is 5.32 Å². The van der Waals surface area contributed by atoms with E-state index in [2.05, 4.69) is 33.3 Å². The van der Waals surface area contributed by atoms with E-state index in [0.717, 1.165) is 36.9 Å². The summed E-state index contributed by atoms with van der Waals surface area (Å²) < 4.78 is 0. The quantitative estimate of drug-likeness (QED) is 0.657. The number of thiocarbonyl (C=S) groups is 1. The SMILES string of the molecule is S=C(C=C(N1CCCCC1)N1CCCCC1)Nc1ccccc1. The van der Waals surface area contributed by atoms with Crippen LogP contribution >= 0.6 is 12.2 Å². The van der Waals surface area contributed by atoms with Crippen LogP contribution in [-0.4, -0.2) is 41.0 Å². The molecule has 2 saturated heterocycles. The van der Waals surface area contributed by atoms with Crippen LogP contribution in [0.3, 0.4) is 0 Å². The maximum absolute atomic E-state index is 5.61. The molecule has 1 aromatic rings. The first-order chi connectivity index (χ1) is 11.3. The van der Waals surface area contributed by atoms with E-state index >= 15 is 0 Å². The third-order valence-corrected chi connectivity index (χ3v) is 4.88. The van der Waals surface area contributed by atoms with Crippen LogP contribution in [0.2, 0.25) is 0 Å². The van der Waals surface area contributed by atoms with Crippen LogP contribution in [0, 0.1) is 0 Å². The predicted molar refractivity (Wildman–Crippen MR) is 102 cm³/mol. The molecule has 23 heavy (non-hydrogen) atoms. The summed E-state index contributed by atoms with van der Waals surface area (Å²) in [4.78, 5) is 5.88. The van der Waals surface area contributed by atoms with Crippen LogP contribution in [0.4, 0.5) is 5.69 Å². The molecule has 4 heteroatoms. The Balaban J connectivity index is 1.73. The smallest absolute Gasteiger partial charge is 0.107 e. The largest absolute Gasteiger partial charge is 0.358 e. The number of para-hydroxylation sites is 1. The van der Waals surface area contributed by atoms with E-state index in [1.807, 2.05) is 18.2 Å². The average Bonchev–Trinajstić information content (AvgIpc) is 2.62. The van der Waals surface area contributed by atoms with E-state index in [9.17, 15) is 0 Å². The van der Waals surface area contributed by atoms with Gasteiger partial charge in [0.25, 0.3) is 0 Å². The highest BCUT2D eigenvalue weighted by Crippen LogP contribution is 2.22. The van der Waals surface area contributed by atoms with E-state index in [0.29, 0.717) is 0 Å². The molecule has 2 aliphatic heterocycles. The van der Waals surface area contributed by atoms with Crippen LogP contribution in [-0.2, 0) is 0 Å². The monoisotopic (exact) mass is 329 g/mol. The van der Waals surface area contributed by atoms with Gasteiger partial charge in [0.1, 0.15) is 10.8 Å². The van der Waals surface area contributed by atoms with Crippen molar-refractivity contribution >= 4 is 22.9 Å². The van der Waals surface area contributed by atoms with E-state index in [1.165, 1.54) is 44.3 Å². The summed E-state index contributed by atoms with van der Waals surface area (Å²) in [6, 6.07) is 10.2. The van der Waals surface area contributed by atoms with Crippen molar-refractivity contribution in [1.29, 1.82) is 0 Å². The fourth-order valence-electron chi connectivity index (χ4n) is 3.45. The molecule has 0 spiro atoms. The lowest BCUT2D eigenvalue weighted by atomic mass is 10.1. The Morgan fingerprint density at radius 2 is 1.35 bits per heavy atom. The standard InChI is InChI=1S/C19H27N3S/c23-18(20-17-10-4-1-5-11-17)16-19(21-12-6-2-7-13-21)22-14-8-3-9-15-22/h1,4-5,10-11,16H,2-3,6-9,12-15H2,(H,20,23). The number of rotatable bonds is 4. The molecule has 0 amide bonds. The minimum absolute atomic E-state index is 0.808. The lowest BCUT2D eigenvalue weighted by Crippen LogP contribution is -2.41. The number of benzene rings is 1. The molecule has 0 atom stereocenters. The summed E-state index contributed by atoms with van der Waals surface area (Å²) in [5, 5.41) is 3.35. The van der Waals surface area contributed by atoms with Crippen molar-refractivity contribution in [2.45, 2.75) is 38.5 Å². The average molecular weight is 330 g/mol. The zero-order chi connectivity index (χ0) is 15.9. The van der Waals surface area contributed by atoms with Crippen molar-refractivity contribution in [3.05, 3.63) is 42.2 Å². The Labute approximate surface area is 145 Å². The van der Waals surface area contributed by atoms with Gasteiger partial charge in [-0.05, 0) is 50.7 Å². The Morgan fingerprint density at radius 3 is 1.87 bits per heavy atom. The van der Waals surface area contributed by atoms with Crippen molar-refractivity contribution in [3.63, 3.8) is 0 Å². The van der Waals surface area contributed by atoms with Gasteiger partial charge in [-0.2, -0.15) is 0 Å². The highest BCUT2D eigenvalue weighted by molar-refractivity contribution is 7.81. The predicted octanol–water partition coefficient (Wildman–Crippen LogP) is 4.24. The third-order valence-electron chi connectivity index (χ3n) is 4.66. The van der Waals surface area contributed by atoms with E-state index in [4.69, 9.17) is 12.2 Å². The highest BCUT2D eigenvalue weighted by atomic mass is 32.1. The van der Waals surface area contributed by atoms with Gasteiger partial charge in [0.05, 0.1) is 0 Å².